The van der Waals surface area contributed by atoms with Gasteiger partial charge in [0.25, 0.3) is 0 Å². The van der Waals surface area contributed by atoms with Crippen molar-refractivity contribution in [2.75, 3.05) is 13.2 Å². The van der Waals surface area contributed by atoms with E-state index in [2.05, 4.69) is 0 Å². The Bertz CT molecular complexity index is 229. The van der Waals surface area contributed by atoms with Gasteiger partial charge in [0.1, 0.15) is 12.4 Å². The van der Waals surface area contributed by atoms with Crippen molar-refractivity contribution in [2.24, 2.45) is 11.8 Å². The monoisotopic (exact) mass is 214 g/mol. The zero-order valence-corrected chi connectivity index (χ0v) is 9.07. The maximum atomic E-state index is 11.4. The van der Waals surface area contributed by atoms with E-state index in [1.54, 1.807) is 6.92 Å². The minimum atomic E-state index is -0.231. The molecule has 4 nitrogen and oxygen atoms in total. The molecule has 0 radical (unpaired) electrons. The summed E-state index contributed by atoms with van der Waals surface area (Å²) in [4.78, 5) is 22.5. The molecule has 1 fully saturated rings. The van der Waals surface area contributed by atoms with E-state index in [1.165, 1.54) is 0 Å². The first-order valence-corrected chi connectivity index (χ1v) is 5.43. The molecule has 0 aromatic carbocycles. The van der Waals surface area contributed by atoms with Crippen LogP contribution in [0.4, 0.5) is 0 Å². The van der Waals surface area contributed by atoms with Gasteiger partial charge in [-0.15, -0.1) is 0 Å². The highest BCUT2D eigenvalue weighted by atomic mass is 16.5. The number of ketones is 1. The molecule has 86 valence electrons. The average Bonchev–Trinajstić information content (AvgIpc) is 2.26. The molecule has 0 atom stereocenters. The van der Waals surface area contributed by atoms with E-state index in [0.29, 0.717) is 0 Å². The van der Waals surface area contributed by atoms with Gasteiger partial charge < -0.3 is 9.84 Å². The zero-order valence-electron chi connectivity index (χ0n) is 9.07. The molecule has 1 N–H and O–H groups in total. The molecule has 0 aromatic rings. The summed E-state index contributed by atoms with van der Waals surface area (Å²) >= 11 is 0. The summed E-state index contributed by atoms with van der Waals surface area (Å²) in [6.07, 6.45) is 3.03. The molecule has 0 aliphatic heterocycles. The second-order valence-electron chi connectivity index (χ2n) is 4.05. The summed E-state index contributed by atoms with van der Waals surface area (Å²) in [6.45, 7) is 1.55. The largest absolute Gasteiger partial charge is 0.463 e. The lowest BCUT2D eigenvalue weighted by molar-refractivity contribution is -0.151. The van der Waals surface area contributed by atoms with Crippen molar-refractivity contribution in [3.05, 3.63) is 0 Å². The van der Waals surface area contributed by atoms with Crippen LogP contribution in [0.2, 0.25) is 0 Å². The molecule has 1 aliphatic carbocycles. The van der Waals surface area contributed by atoms with E-state index in [9.17, 15) is 9.59 Å². The quantitative estimate of drug-likeness (QED) is 0.707. The first-order chi connectivity index (χ1) is 7.15. The third-order valence-electron chi connectivity index (χ3n) is 2.97. The van der Waals surface area contributed by atoms with Gasteiger partial charge in [0, 0.05) is 5.92 Å². The van der Waals surface area contributed by atoms with Crippen molar-refractivity contribution >= 4 is 11.8 Å². The Hall–Kier alpha value is -0.900. The first kappa shape index (κ1) is 12.2. The lowest BCUT2D eigenvalue weighted by atomic mass is 9.80. The minimum Gasteiger partial charge on any atom is -0.463 e. The standard InChI is InChI=1S/C11H18O4/c1-8(13)9-2-4-10(5-3-9)11(14)15-7-6-12/h9-10,12H,2-7H2,1H3. The molecular weight excluding hydrogens is 196 g/mol. The highest BCUT2D eigenvalue weighted by Crippen LogP contribution is 2.29. The van der Waals surface area contributed by atoms with Gasteiger partial charge >= 0.3 is 5.97 Å². The zero-order chi connectivity index (χ0) is 11.3. The predicted octanol–water partition coefficient (Wildman–Crippen LogP) is 0.917. The number of Topliss-reactive ketones (excluding diaryl/α,β-unsaturated/α-hetero) is 1. The molecule has 0 spiro atoms. The minimum absolute atomic E-state index is 0.0749. The molecule has 0 bridgehead atoms. The molecule has 15 heavy (non-hydrogen) atoms. The van der Waals surface area contributed by atoms with Gasteiger partial charge in [0.2, 0.25) is 0 Å². The van der Waals surface area contributed by atoms with Crippen LogP contribution in [0.1, 0.15) is 32.6 Å². The van der Waals surface area contributed by atoms with Crippen LogP contribution in [0.3, 0.4) is 0 Å². The number of ether oxygens (including phenoxy) is 1. The first-order valence-electron chi connectivity index (χ1n) is 5.43. The Balaban J connectivity index is 2.30. The van der Waals surface area contributed by atoms with Gasteiger partial charge in [-0.1, -0.05) is 0 Å². The SMILES string of the molecule is CC(=O)C1CCC(C(=O)OCCO)CC1. The van der Waals surface area contributed by atoms with Gasteiger partial charge in [-0.05, 0) is 32.6 Å². The average molecular weight is 214 g/mol. The molecular formula is C11H18O4. The molecule has 1 rings (SSSR count). The van der Waals surface area contributed by atoms with Gasteiger partial charge in [-0.25, -0.2) is 0 Å². The second-order valence-corrected chi connectivity index (χ2v) is 4.05. The van der Waals surface area contributed by atoms with E-state index in [1.807, 2.05) is 0 Å². The van der Waals surface area contributed by atoms with Crippen LogP contribution < -0.4 is 0 Å². The van der Waals surface area contributed by atoms with E-state index in [-0.39, 0.29) is 36.8 Å². The van der Waals surface area contributed by atoms with Gasteiger partial charge in [-0.2, -0.15) is 0 Å². The lowest BCUT2D eigenvalue weighted by Gasteiger charge is -2.25. The maximum absolute atomic E-state index is 11.4. The predicted molar refractivity (Wildman–Crippen MR) is 54.2 cm³/mol. The van der Waals surface area contributed by atoms with E-state index < -0.39 is 0 Å². The number of aliphatic hydroxyl groups is 1. The number of esters is 1. The van der Waals surface area contributed by atoms with Crippen molar-refractivity contribution in [2.45, 2.75) is 32.6 Å². The van der Waals surface area contributed by atoms with Crippen molar-refractivity contribution in [3.8, 4) is 0 Å². The van der Waals surface area contributed by atoms with E-state index >= 15 is 0 Å². The topological polar surface area (TPSA) is 63.6 Å². The van der Waals surface area contributed by atoms with Crippen LogP contribution in [0.15, 0.2) is 0 Å². The summed E-state index contributed by atoms with van der Waals surface area (Å²) in [5.41, 5.74) is 0. The Morgan fingerprint density at radius 1 is 1.20 bits per heavy atom. The van der Waals surface area contributed by atoms with E-state index in [0.717, 1.165) is 25.7 Å². The Morgan fingerprint density at radius 2 is 1.73 bits per heavy atom. The molecule has 1 aliphatic rings. The van der Waals surface area contributed by atoms with Gasteiger partial charge in [-0.3, -0.25) is 9.59 Å². The second kappa shape index (κ2) is 5.85. The highest BCUT2D eigenvalue weighted by Gasteiger charge is 2.28. The van der Waals surface area contributed by atoms with Crippen LogP contribution in [0, 0.1) is 11.8 Å². The summed E-state index contributed by atoms with van der Waals surface area (Å²) in [5, 5.41) is 8.51. The Kier molecular flexibility index (Phi) is 4.75. The summed E-state index contributed by atoms with van der Waals surface area (Å²) in [7, 11) is 0. The van der Waals surface area contributed by atoms with Crippen LogP contribution in [0.5, 0.6) is 0 Å². The van der Waals surface area contributed by atoms with Crippen molar-refractivity contribution in [3.63, 3.8) is 0 Å². The third-order valence-corrected chi connectivity index (χ3v) is 2.97. The number of carbonyl (C=O) groups is 2. The van der Waals surface area contributed by atoms with Crippen molar-refractivity contribution in [1.82, 2.24) is 0 Å². The normalized spacial score (nSPS) is 26.0. The summed E-state index contributed by atoms with van der Waals surface area (Å²) in [6, 6.07) is 0. The van der Waals surface area contributed by atoms with Crippen molar-refractivity contribution < 1.29 is 19.4 Å². The van der Waals surface area contributed by atoms with Crippen LogP contribution in [-0.2, 0) is 14.3 Å². The smallest absolute Gasteiger partial charge is 0.309 e. The van der Waals surface area contributed by atoms with Crippen LogP contribution in [-0.4, -0.2) is 30.1 Å². The highest BCUT2D eigenvalue weighted by molar-refractivity contribution is 5.79. The Labute approximate surface area is 89.6 Å². The fourth-order valence-corrected chi connectivity index (χ4v) is 2.00. The Morgan fingerprint density at radius 3 is 2.20 bits per heavy atom. The van der Waals surface area contributed by atoms with Gasteiger partial charge in [0.05, 0.1) is 12.5 Å². The molecule has 1 saturated carbocycles. The third kappa shape index (κ3) is 3.63. The molecule has 0 aromatic heterocycles. The molecule has 0 saturated heterocycles. The molecule has 0 heterocycles. The number of carbonyl (C=O) groups excluding carboxylic acids is 2. The van der Waals surface area contributed by atoms with Crippen LogP contribution in [0.25, 0.3) is 0 Å². The fraction of sp³-hybridized carbons (Fsp3) is 0.818. The molecule has 4 heteroatoms. The number of rotatable bonds is 4. The number of hydrogen-bond donors (Lipinski definition) is 1. The fourth-order valence-electron chi connectivity index (χ4n) is 2.00. The lowest BCUT2D eigenvalue weighted by Crippen LogP contribution is -2.26. The number of hydrogen-bond acceptors (Lipinski definition) is 4. The van der Waals surface area contributed by atoms with E-state index in [4.69, 9.17) is 9.84 Å². The number of aliphatic hydroxyl groups excluding tert-OH is 1. The van der Waals surface area contributed by atoms with Crippen LogP contribution >= 0.6 is 0 Å². The molecule has 0 amide bonds. The maximum Gasteiger partial charge on any atom is 0.309 e. The summed E-state index contributed by atoms with van der Waals surface area (Å²) in [5.74, 6) is 0.0438. The van der Waals surface area contributed by atoms with Crippen molar-refractivity contribution in [1.29, 1.82) is 0 Å². The molecule has 0 unspecified atom stereocenters. The van der Waals surface area contributed by atoms with Gasteiger partial charge in [0.15, 0.2) is 0 Å². The summed E-state index contributed by atoms with van der Waals surface area (Å²) < 4.78 is 4.85.